The van der Waals surface area contributed by atoms with Crippen molar-refractivity contribution in [2.75, 3.05) is 0 Å². The van der Waals surface area contributed by atoms with Crippen LogP contribution in [0.5, 0.6) is 0 Å². The van der Waals surface area contributed by atoms with Crippen LogP contribution in [0.3, 0.4) is 0 Å². The van der Waals surface area contributed by atoms with E-state index in [1.165, 1.54) is 23.7 Å². The lowest BCUT2D eigenvalue weighted by atomic mass is 9.89. The van der Waals surface area contributed by atoms with Gasteiger partial charge in [0.25, 0.3) is 0 Å². The summed E-state index contributed by atoms with van der Waals surface area (Å²) in [7, 11) is 0. The topological polar surface area (TPSA) is 51.8 Å². The van der Waals surface area contributed by atoms with Gasteiger partial charge in [-0.25, -0.2) is 0 Å². The summed E-state index contributed by atoms with van der Waals surface area (Å²) in [5.74, 6) is 0. The summed E-state index contributed by atoms with van der Waals surface area (Å²) >= 11 is 1.18. The van der Waals surface area contributed by atoms with E-state index in [4.69, 9.17) is 5.73 Å². The molecule has 0 amide bonds. The largest absolute Gasteiger partial charge is 0.416 e. The summed E-state index contributed by atoms with van der Waals surface area (Å²) in [5, 5.41) is 4.10. The van der Waals surface area contributed by atoms with Crippen molar-refractivity contribution in [3.05, 3.63) is 46.0 Å². The number of halogens is 3. The molecule has 1 aromatic heterocycles. The summed E-state index contributed by atoms with van der Waals surface area (Å²) in [6, 6.07) is 4.36. The molecule has 3 nitrogen and oxygen atoms in total. The van der Waals surface area contributed by atoms with Crippen LogP contribution in [0.15, 0.2) is 24.3 Å². The van der Waals surface area contributed by atoms with E-state index in [1.54, 1.807) is 0 Å². The maximum atomic E-state index is 12.6. The van der Waals surface area contributed by atoms with Crippen LogP contribution in [-0.2, 0) is 11.6 Å². The summed E-state index contributed by atoms with van der Waals surface area (Å²) in [6.07, 6.45) is -4.34. The quantitative estimate of drug-likeness (QED) is 0.914. The van der Waals surface area contributed by atoms with Crippen LogP contribution in [0, 0.1) is 0 Å². The molecule has 0 spiro atoms. The number of alkyl halides is 3. The first kappa shape index (κ1) is 15.9. The summed E-state index contributed by atoms with van der Waals surface area (Å²) < 4.78 is 41.6. The van der Waals surface area contributed by atoms with Crippen LogP contribution in [-0.4, -0.2) is 9.59 Å². The van der Waals surface area contributed by atoms with Crippen molar-refractivity contribution in [1.82, 2.24) is 9.59 Å². The number of hydrogen-bond donors (Lipinski definition) is 1. The number of hydrogen-bond acceptors (Lipinski definition) is 4. The molecule has 114 valence electrons. The second kappa shape index (κ2) is 5.38. The van der Waals surface area contributed by atoms with Crippen molar-refractivity contribution in [3.8, 4) is 0 Å². The van der Waals surface area contributed by atoms with E-state index in [0.29, 0.717) is 5.56 Å². The normalized spacial score (nSPS) is 14.2. The molecule has 2 rings (SSSR count). The van der Waals surface area contributed by atoms with Crippen molar-refractivity contribution in [3.63, 3.8) is 0 Å². The predicted molar refractivity (Wildman–Crippen MR) is 76.1 cm³/mol. The van der Waals surface area contributed by atoms with Crippen molar-refractivity contribution in [2.24, 2.45) is 5.73 Å². The monoisotopic (exact) mass is 315 g/mol. The van der Waals surface area contributed by atoms with E-state index in [9.17, 15) is 13.2 Å². The molecule has 1 aromatic carbocycles. The number of benzene rings is 1. The Bertz CT molecular complexity index is 612. The molecule has 0 radical (unpaired) electrons. The van der Waals surface area contributed by atoms with Gasteiger partial charge in [0.15, 0.2) is 0 Å². The van der Waals surface area contributed by atoms with Crippen molar-refractivity contribution >= 4 is 11.5 Å². The highest BCUT2D eigenvalue weighted by molar-refractivity contribution is 7.05. The smallest absolute Gasteiger partial charge is 0.320 e. The average Bonchev–Trinajstić information content (AvgIpc) is 2.86. The van der Waals surface area contributed by atoms with Gasteiger partial charge < -0.3 is 5.73 Å². The SMILES string of the molecule is CC(C)(C)c1nnsc1C(N)c1ccc(C(F)(F)F)cc1. The Morgan fingerprint density at radius 3 is 2.14 bits per heavy atom. The van der Waals surface area contributed by atoms with E-state index in [2.05, 4.69) is 9.59 Å². The first-order valence-corrected chi connectivity index (χ1v) is 7.13. The van der Waals surface area contributed by atoms with E-state index >= 15 is 0 Å². The summed E-state index contributed by atoms with van der Waals surface area (Å²) in [5.41, 5.74) is 6.66. The van der Waals surface area contributed by atoms with Gasteiger partial charge in [0.05, 0.1) is 22.2 Å². The Morgan fingerprint density at radius 2 is 1.67 bits per heavy atom. The summed E-state index contributed by atoms with van der Waals surface area (Å²) in [6.45, 7) is 5.98. The van der Waals surface area contributed by atoms with Gasteiger partial charge in [-0.1, -0.05) is 37.4 Å². The number of aromatic nitrogens is 2. The highest BCUT2D eigenvalue weighted by atomic mass is 32.1. The lowest BCUT2D eigenvalue weighted by Crippen LogP contribution is -2.19. The third kappa shape index (κ3) is 3.41. The fourth-order valence-electron chi connectivity index (χ4n) is 1.95. The van der Waals surface area contributed by atoms with Gasteiger partial charge in [-0.2, -0.15) is 13.2 Å². The molecule has 1 unspecified atom stereocenters. The molecule has 0 saturated heterocycles. The Labute approximate surface area is 125 Å². The molecule has 0 aliphatic carbocycles. The molecule has 0 aliphatic heterocycles. The molecule has 21 heavy (non-hydrogen) atoms. The highest BCUT2D eigenvalue weighted by Gasteiger charge is 2.31. The zero-order valence-electron chi connectivity index (χ0n) is 11.9. The van der Waals surface area contributed by atoms with Gasteiger partial charge in [-0.3, -0.25) is 0 Å². The molecule has 1 heterocycles. The Kier molecular flexibility index (Phi) is 4.08. The van der Waals surface area contributed by atoms with Gasteiger partial charge in [0.2, 0.25) is 0 Å². The molecule has 7 heteroatoms. The minimum absolute atomic E-state index is 0.216. The maximum absolute atomic E-state index is 12.6. The fraction of sp³-hybridized carbons (Fsp3) is 0.429. The lowest BCUT2D eigenvalue weighted by Gasteiger charge is -2.20. The van der Waals surface area contributed by atoms with E-state index < -0.39 is 17.8 Å². The maximum Gasteiger partial charge on any atom is 0.416 e. The molecule has 2 aromatic rings. The standard InChI is InChI=1S/C14H16F3N3S/c1-13(2,3)12-11(21-20-19-12)10(18)8-4-6-9(7-5-8)14(15,16)17/h4-7,10H,18H2,1-3H3. The van der Waals surface area contributed by atoms with E-state index in [-0.39, 0.29) is 5.41 Å². The molecule has 0 fully saturated rings. The average molecular weight is 315 g/mol. The van der Waals surface area contributed by atoms with Crippen LogP contribution in [0.25, 0.3) is 0 Å². The van der Waals surface area contributed by atoms with Gasteiger partial charge in [0, 0.05) is 5.41 Å². The number of rotatable bonds is 2. The van der Waals surface area contributed by atoms with Crippen molar-refractivity contribution in [2.45, 2.75) is 38.4 Å². The molecule has 0 saturated carbocycles. The van der Waals surface area contributed by atoms with Crippen LogP contribution < -0.4 is 5.73 Å². The Morgan fingerprint density at radius 1 is 1.10 bits per heavy atom. The van der Waals surface area contributed by atoms with Crippen LogP contribution in [0.1, 0.15) is 48.5 Å². The minimum atomic E-state index is -4.34. The van der Waals surface area contributed by atoms with Gasteiger partial charge in [-0.05, 0) is 29.2 Å². The first-order valence-electron chi connectivity index (χ1n) is 6.36. The zero-order chi connectivity index (χ0) is 15.8. The van der Waals surface area contributed by atoms with Crippen LogP contribution in [0.4, 0.5) is 13.2 Å². The molecular weight excluding hydrogens is 299 g/mol. The number of nitrogens with zero attached hydrogens (tertiary/aromatic N) is 2. The fourth-order valence-corrected chi connectivity index (χ4v) is 2.85. The van der Waals surface area contributed by atoms with Gasteiger partial charge in [0.1, 0.15) is 0 Å². The highest BCUT2D eigenvalue weighted by Crippen LogP contribution is 2.34. The summed E-state index contributed by atoms with van der Waals surface area (Å²) in [4.78, 5) is 0.780. The van der Waals surface area contributed by atoms with Gasteiger partial charge in [-0.15, -0.1) is 5.10 Å². The van der Waals surface area contributed by atoms with Crippen molar-refractivity contribution in [1.29, 1.82) is 0 Å². The lowest BCUT2D eigenvalue weighted by molar-refractivity contribution is -0.137. The van der Waals surface area contributed by atoms with Crippen molar-refractivity contribution < 1.29 is 13.2 Å². The second-order valence-electron chi connectivity index (χ2n) is 5.83. The zero-order valence-corrected chi connectivity index (χ0v) is 12.7. The minimum Gasteiger partial charge on any atom is -0.320 e. The molecular formula is C14H16F3N3S. The van der Waals surface area contributed by atoms with Crippen LogP contribution in [0.2, 0.25) is 0 Å². The Hall–Kier alpha value is -1.47. The first-order chi connectivity index (χ1) is 9.60. The third-order valence-electron chi connectivity index (χ3n) is 3.10. The predicted octanol–water partition coefficient (Wildman–Crippen LogP) is 3.90. The third-order valence-corrected chi connectivity index (χ3v) is 3.91. The van der Waals surface area contributed by atoms with Gasteiger partial charge >= 0.3 is 6.18 Å². The Balaban J connectivity index is 2.33. The molecule has 2 N–H and O–H groups in total. The second-order valence-corrected chi connectivity index (χ2v) is 6.62. The molecule has 1 atom stereocenters. The number of nitrogens with two attached hydrogens (primary N) is 1. The van der Waals surface area contributed by atoms with E-state index in [1.807, 2.05) is 20.8 Å². The van der Waals surface area contributed by atoms with E-state index in [0.717, 1.165) is 22.7 Å². The molecule has 0 bridgehead atoms. The molecule has 0 aliphatic rings. The van der Waals surface area contributed by atoms with Crippen LogP contribution >= 0.6 is 11.5 Å².